The summed E-state index contributed by atoms with van der Waals surface area (Å²) in [6.07, 6.45) is 1.71. The number of amides is 2. The molecule has 0 N–H and O–H groups in total. The maximum absolute atomic E-state index is 12.7. The fourth-order valence-corrected chi connectivity index (χ4v) is 4.43. The highest BCUT2D eigenvalue weighted by Gasteiger charge is 2.27. The molecule has 0 atom stereocenters. The van der Waals surface area contributed by atoms with E-state index in [2.05, 4.69) is 9.80 Å². The van der Waals surface area contributed by atoms with Crippen molar-refractivity contribution in [2.24, 2.45) is 0 Å². The molecular formula is C20H26N4O3S. The molecule has 0 aliphatic carbocycles. The Kier molecular flexibility index (Phi) is 6.09. The van der Waals surface area contributed by atoms with Gasteiger partial charge < -0.3 is 14.2 Å². The Bertz CT molecular complexity index is 761. The highest BCUT2D eigenvalue weighted by Crippen LogP contribution is 2.14. The maximum Gasteiger partial charge on any atom is 0.264 e. The van der Waals surface area contributed by atoms with E-state index >= 15 is 0 Å². The van der Waals surface area contributed by atoms with Crippen LogP contribution in [0.2, 0.25) is 0 Å². The molecule has 28 heavy (non-hydrogen) atoms. The van der Waals surface area contributed by atoms with E-state index in [1.165, 1.54) is 11.3 Å². The third-order valence-corrected chi connectivity index (χ3v) is 6.29. The van der Waals surface area contributed by atoms with Crippen molar-refractivity contribution < 1.29 is 14.0 Å². The summed E-state index contributed by atoms with van der Waals surface area (Å²) < 4.78 is 5.41. The molecule has 2 saturated heterocycles. The Morgan fingerprint density at radius 2 is 1.61 bits per heavy atom. The molecule has 2 aromatic rings. The first-order valence-electron chi connectivity index (χ1n) is 9.77. The molecule has 0 aromatic carbocycles. The predicted molar refractivity (Wildman–Crippen MR) is 107 cm³/mol. The third-order valence-electron chi connectivity index (χ3n) is 5.43. The lowest BCUT2D eigenvalue weighted by atomic mass is 10.2. The van der Waals surface area contributed by atoms with Gasteiger partial charge in [-0.15, -0.1) is 11.3 Å². The van der Waals surface area contributed by atoms with E-state index < -0.39 is 0 Å². The molecule has 0 bridgehead atoms. The average molecular weight is 403 g/mol. The maximum atomic E-state index is 12.7. The summed E-state index contributed by atoms with van der Waals surface area (Å²) >= 11 is 1.47. The molecule has 2 aromatic heterocycles. The molecule has 2 amide bonds. The van der Waals surface area contributed by atoms with Crippen LogP contribution < -0.4 is 0 Å². The number of carbonyl (C=O) groups excluding carboxylic acids is 2. The van der Waals surface area contributed by atoms with Crippen molar-refractivity contribution in [3.8, 4) is 0 Å². The van der Waals surface area contributed by atoms with Gasteiger partial charge in [0.1, 0.15) is 5.76 Å². The number of rotatable bonds is 5. The fraction of sp³-hybridized carbons (Fsp3) is 0.500. The number of hydrogen-bond donors (Lipinski definition) is 0. The molecule has 0 radical (unpaired) electrons. The summed E-state index contributed by atoms with van der Waals surface area (Å²) in [5.74, 6) is 1.23. The summed E-state index contributed by atoms with van der Waals surface area (Å²) in [5, 5.41) is 1.92. The van der Waals surface area contributed by atoms with Crippen molar-refractivity contribution >= 4 is 23.2 Å². The highest BCUT2D eigenvalue weighted by molar-refractivity contribution is 7.12. The zero-order chi connectivity index (χ0) is 19.3. The third kappa shape index (κ3) is 4.63. The van der Waals surface area contributed by atoms with Gasteiger partial charge in [0.05, 0.1) is 24.2 Å². The van der Waals surface area contributed by atoms with Crippen molar-refractivity contribution in [3.05, 3.63) is 46.5 Å². The Morgan fingerprint density at radius 1 is 0.893 bits per heavy atom. The average Bonchev–Trinajstić information content (AvgIpc) is 3.43. The van der Waals surface area contributed by atoms with Crippen LogP contribution in [0.5, 0.6) is 0 Å². The molecule has 0 saturated carbocycles. The zero-order valence-corrected chi connectivity index (χ0v) is 16.8. The van der Waals surface area contributed by atoms with Gasteiger partial charge >= 0.3 is 0 Å². The molecule has 2 aliphatic heterocycles. The van der Waals surface area contributed by atoms with Crippen LogP contribution in [-0.4, -0.2) is 90.3 Å². The Morgan fingerprint density at radius 3 is 2.25 bits per heavy atom. The van der Waals surface area contributed by atoms with E-state index in [0.29, 0.717) is 32.7 Å². The van der Waals surface area contributed by atoms with E-state index in [1.54, 1.807) is 6.26 Å². The summed E-state index contributed by atoms with van der Waals surface area (Å²) in [6, 6.07) is 7.67. The number of carbonyl (C=O) groups is 2. The molecule has 8 heteroatoms. The zero-order valence-electron chi connectivity index (χ0n) is 16.0. The van der Waals surface area contributed by atoms with Gasteiger partial charge in [0.25, 0.3) is 5.91 Å². The van der Waals surface area contributed by atoms with Crippen LogP contribution in [0.4, 0.5) is 0 Å². The van der Waals surface area contributed by atoms with Gasteiger partial charge in [-0.05, 0) is 23.6 Å². The quantitative estimate of drug-likeness (QED) is 0.758. The Balaban J connectivity index is 1.18. The second kappa shape index (κ2) is 8.89. The number of piperazine rings is 2. The van der Waals surface area contributed by atoms with Crippen LogP contribution in [0.1, 0.15) is 15.4 Å². The van der Waals surface area contributed by atoms with Crippen LogP contribution in [0.25, 0.3) is 0 Å². The summed E-state index contributed by atoms with van der Waals surface area (Å²) in [5.41, 5.74) is 0. The second-order valence-electron chi connectivity index (χ2n) is 7.28. The predicted octanol–water partition coefficient (Wildman–Crippen LogP) is 1.44. The smallest absolute Gasteiger partial charge is 0.264 e. The van der Waals surface area contributed by atoms with E-state index in [1.807, 2.05) is 39.4 Å². The minimum absolute atomic E-state index is 0.0785. The van der Waals surface area contributed by atoms with Crippen molar-refractivity contribution in [2.75, 3.05) is 58.9 Å². The number of hydrogen-bond acceptors (Lipinski definition) is 6. The molecule has 2 fully saturated rings. The van der Waals surface area contributed by atoms with Gasteiger partial charge in [-0.3, -0.25) is 19.4 Å². The minimum atomic E-state index is 0.0785. The lowest BCUT2D eigenvalue weighted by Crippen LogP contribution is -2.54. The second-order valence-corrected chi connectivity index (χ2v) is 8.23. The van der Waals surface area contributed by atoms with Gasteiger partial charge in [0.2, 0.25) is 5.91 Å². The van der Waals surface area contributed by atoms with Crippen LogP contribution in [0, 0.1) is 0 Å². The van der Waals surface area contributed by atoms with Crippen molar-refractivity contribution in [3.63, 3.8) is 0 Å². The van der Waals surface area contributed by atoms with Crippen LogP contribution >= 0.6 is 11.3 Å². The molecule has 2 aliphatic rings. The van der Waals surface area contributed by atoms with Crippen molar-refractivity contribution in [1.29, 1.82) is 0 Å². The number of furan rings is 1. The topological polar surface area (TPSA) is 60.2 Å². The van der Waals surface area contributed by atoms with E-state index in [9.17, 15) is 9.59 Å². The van der Waals surface area contributed by atoms with Crippen LogP contribution in [0.3, 0.4) is 0 Å². The van der Waals surface area contributed by atoms with Gasteiger partial charge in [-0.1, -0.05) is 6.07 Å². The van der Waals surface area contributed by atoms with Gasteiger partial charge in [0.15, 0.2) is 0 Å². The largest absolute Gasteiger partial charge is 0.468 e. The molecule has 4 rings (SSSR count). The molecule has 7 nitrogen and oxygen atoms in total. The highest BCUT2D eigenvalue weighted by atomic mass is 32.1. The number of thiophene rings is 1. The van der Waals surface area contributed by atoms with E-state index in [4.69, 9.17) is 4.42 Å². The number of nitrogens with zero attached hydrogens (tertiary/aromatic N) is 4. The molecule has 150 valence electrons. The standard InChI is InChI=1S/C20H26N4O3S/c25-19(16-22-7-5-21(6-8-22)15-17-3-1-13-27-17)23-9-11-24(12-10-23)20(26)18-4-2-14-28-18/h1-4,13-14H,5-12,15-16H2. The minimum Gasteiger partial charge on any atom is -0.468 e. The fourth-order valence-electron chi connectivity index (χ4n) is 3.73. The van der Waals surface area contributed by atoms with Crippen LogP contribution in [-0.2, 0) is 11.3 Å². The van der Waals surface area contributed by atoms with Crippen molar-refractivity contribution in [2.45, 2.75) is 6.54 Å². The first-order valence-corrected chi connectivity index (χ1v) is 10.6. The monoisotopic (exact) mass is 402 g/mol. The van der Waals surface area contributed by atoms with E-state index in [-0.39, 0.29) is 11.8 Å². The lowest BCUT2D eigenvalue weighted by Gasteiger charge is -2.37. The molecule has 4 heterocycles. The summed E-state index contributed by atoms with van der Waals surface area (Å²) in [4.78, 5) is 34.2. The van der Waals surface area contributed by atoms with Crippen molar-refractivity contribution in [1.82, 2.24) is 19.6 Å². The molecular weight excluding hydrogens is 376 g/mol. The summed E-state index contributed by atoms with van der Waals surface area (Å²) in [7, 11) is 0. The first-order chi connectivity index (χ1) is 13.7. The van der Waals surface area contributed by atoms with Gasteiger partial charge in [0, 0.05) is 52.4 Å². The van der Waals surface area contributed by atoms with Gasteiger partial charge in [-0.25, -0.2) is 0 Å². The summed E-state index contributed by atoms with van der Waals surface area (Å²) in [6.45, 7) is 7.42. The first kappa shape index (κ1) is 19.2. The van der Waals surface area contributed by atoms with Gasteiger partial charge in [-0.2, -0.15) is 0 Å². The normalized spacial score (nSPS) is 19.1. The molecule has 0 spiro atoms. The Labute approximate surface area is 169 Å². The van der Waals surface area contributed by atoms with Crippen LogP contribution in [0.15, 0.2) is 40.3 Å². The van der Waals surface area contributed by atoms with E-state index in [0.717, 1.165) is 43.4 Å². The molecule has 0 unspecified atom stereocenters. The SMILES string of the molecule is O=C(CN1CCN(Cc2ccco2)CC1)N1CCN(C(=O)c2cccs2)CC1. The Hall–Kier alpha value is -2.16. The lowest BCUT2D eigenvalue weighted by molar-refractivity contribution is -0.134.